The van der Waals surface area contributed by atoms with Crippen LogP contribution in [0.4, 0.5) is 0 Å². The van der Waals surface area contributed by atoms with Crippen molar-refractivity contribution in [2.45, 2.75) is 127 Å². The molecule has 4 amide bonds. The summed E-state index contributed by atoms with van der Waals surface area (Å²) in [5.41, 5.74) is 6.75. The standard InChI is InChI=1S/C31H40N4O4.C30H38N4O3/c1-4-5-8-17-39-31(27-10-7-6-9-23(27)2)20-35(21-31)30(37)28(18-24-11-14-26(38-3)15-12-24)34-29(36)16-13-25-19-32-22-33-25;1-3-4-8-17-30(24-9-6-5-7-10-24)20-34(21-30)29(36)27(18-23-11-14-26(37-2)15-12-23)33-28(35)16-13-25-19-31-22-32-25/h6-7,9-12,14-15,19,22,28H,4-5,8,13,16-18,20-21H2,1-3H3,(H,32,33)(H,34,36);5-7,9-12,14-15,19,22,27H,3-4,8,13,16-18,20-21H2,1-2H3,(H,31,32)(H,33,35)/t28-;27-/m11/s1. The van der Waals surface area contributed by atoms with Gasteiger partial charge in [-0.15, -0.1) is 0 Å². The third kappa shape index (κ3) is 15.4. The Balaban J connectivity index is 0.000000221. The minimum atomic E-state index is -0.678. The third-order valence-corrected chi connectivity index (χ3v) is 14.7. The second kappa shape index (κ2) is 28.0. The zero-order valence-corrected chi connectivity index (χ0v) is 45.2. The molecule has 0 radical (unpaired) electrons. The number of carbonyl (C=O) groups excluding carboxylic acids is 4. The molecule has 4 heterocycles. The van der Waals surface area contributed by atoms with Gasteiger partial charge in [0, 0.05) is 74.6 Å². The van der Waals surface area contributed by atoms with E-state index in [9.17, 15) is 19.2 Å². The first kappa shape index (κ1) is 56.5. The van der Waals surface area contributed by atoms with Crippen molar-refractivity contribution in [2.24, 2.45) is 0 Å². The summed E-state index contributed by atoms with van der Waals surface area (Å²) >= 11 is 0. The molecule has 404 valence electrons. The highest BCUT2D eigenvalue weighted by Gasteiger charge is 2.50. The molecule has 4 aromatic carbocycles. The number of amides is 4. The maximum absolute atomic E-state index is 13.8. The molecule has 6 aromatic rings. The Labute approximate surface area is 448 Å². The Morgan fingerprint density at radius 1 is 0.618 bits per heavy atom. The van der Waals surface area contributed by atoms with Crippen LogP contribution in [0.15, 0.2) is 128 Å². The quantitative estimate of drug-likeness (QED) is 0.0367. The zero-order valence-electron chi connectivity index (χ0n) is 45.2. The molecule has 2 aromatic heterocycles. The summed E-state index contributed by atoms with van der Waals surface area (Å²) in [6.45, 7) is 9.42. The monoisotopic (exact) mass is 1030 g/mol. The number of H-pyrrole nitrogens is 2. The van der Waals surface area contributed by atoms with Crippen molar-refractivity contribution < 1.29 is 33.4 Å². The Morgan fingerprint density at radius 3 is 1.58 bits per heavy atom. The molecule has 2 atom stereocenters. The molecule has 0 unspecified atom stereocenters. The number of likely N-dealkylation sites (tertiary alicyclic amines) is 2. The number of hydrogen-bond donors (Lipinski definition) is 4. The van der Waals surface area contributed by atoms with E-state index < -0.39 is 17.7 Å². The fourth-order valence-corrected chi connectivity index (χ4v) is 10.3. The van der Waals surface area contributed by atoms with E-state index in [0.717, 1.165) is 77.2 Å². The number of nitrogens with zero attached hydrogens (tertiary/aromatic N) is 4. The molecule has 8 rings (SSSR count). The first-order chi connectivity index (χ1) is 37.0. The Kier molecular flexibility index (Phi) is 20.8. The second-order valence-electron chi connectivity index (χ2n) is 20.4. The van der Waals surface area contributed by atoms with Crippen LogP contribution in [0.3, 0.4) is 0 Å². The number of nitrogens with one attached hydrogen (secondary N) is 4. The number of aromatic nitrogens is 4. The van der Waals surface area contributed by atoms with Gasteiger partial charge in [-0.3, -0.25) is 19.2 Å². The number of methoxy groups -OCH3 is 2. The first-order valence-corrected chi connectivity index (χ1v) is 27.1. The molecule has 15 nitrogen and oxygen atoms in total. The molecule has 0 saturated carbocycles. The molecule has 15 heteroatoms. The van der Waals surface area contributed by atoms with Gasteiger partial charge in [-0.25, -0.2) is 9.97 Å². The van der Waals surface area contributed by atoms with Crippen molar-refractivity contribution in [3.63, 3.8) is 0 Å². The summed E-state index contributed by atoms with van der Waals surface area (Å²) in [5.74, 6) is 1.08. The molecular weight excluding hydrogens is 957 g/mol. The average molecular weight is 1040 g/mol. The topological polar surface area (TPSA) is 184 Å². The van der Waals surface area contributed by atoms with Gasteiger partial charge in [0.25, 0.3) is 0 Å². The smallest absolute Gasteiger partial charge is 0.245 e. The van der Waals surface area contributed by atoms with Crippen molar-refractivity contribution >= 4 is 23.6 Å². The van der Waals surface area contributed by atoms with Crippen LogP contribution in [0.2, 0.25) is 0 Å². The summed E-state index contributed by atoms with van der Waals surface area (Å²) in [6, 6.07) is 32.8. The maximum Gasteiger partial charge on any atom is 0.245 e. The Morgan fingerprint density at radius 2 is 1.11 bits per heavy atom. The Hall–Kier alpha value is -7.26. The van der Waals surface area contributed by atoms with Crippen LogP contribution in [0.1, 0.15) is 111 Å². The van der Waals surface area contributed by atoms with Gasteiger partial charge in [-0.05, 0) is 84.7 Å². The van der Waals surface area contributed by atoms with Gasteiger partial charge < -0.3 is 44.6 Å². The first-order valence-electron chi connectivity index (χ1n) is 27.1. The molecular formula is C61H78N8O7. The number of rotatable bonds is 27. The average Bonchev–Trinajstić information content (AvgIpc) is 4.19. The number of unbranched alkanes of at least 4 members (excludes halogenated alkanes) is 4. The normalized spacial score (nSPS) is 15.0. The number of aromatic amines is 2. The SMILES string of the molecule is CCCCCC1(c2ccccc2)CN(C(=O)[C@@H](Cc2ccc(OC)cc2)NC(=O)CCc2cnc[nH]2)C1.CCCCCOC1(c2ccccc2C)CN(C(=O)[C@@H](Cc2ccc(OC)cc2)NC(=O)CCc2cnc[nH]2)C1. The lowest BCUT2D eigenvalue weighted by molar-refractivity contribution is -0.175. The van der Waals surface area contributed by atoms with Crippen molar-refractivity contribution in [3.05, 3.63) is 167 Å². The number of aryl methyl sites for hydroxylation is 3. The van der Waals surface area contributed by atoms with Crippen molar-refractivity contribution in [1.29, 1.82) is 0 Å². The van der Waals surface area contributed by atoms with Crippen LogP contribution in [0, 0.1) is 6.92 Å². The predicted molar refractivity (Wildman–Crippen MR) is 295 cm³/mol. The summed E-state index contributed by atoms with van der Waals surface area (Å²) < 4.78 is 17.0. The molecule has 4 N–H and O–H groups in total. The number of carbonyl (C=O) groups is 4. The lowest BCUT2D eigenvalue weighted by Crippen LogP contribution is -2.66. The largest absolute Gasteiger partial charge is 0.497 e. The van der Waals surface area contributed by atoms with E-state index in [1.807, 2.05) is 76.5 Å². The molecule has 2 saturated heterocycles. The van der Waals surface area contributed by atoms with Crippen molar-refractivity contribution in [3.8, 4) is 11.5 Å². The van der Waals surface area contributed by atoms with Gasteiger partial charge >= 0.3 is 0 Å². The Bertz CT molecular complexity index is 2700. The van der Waals surface area contributed by atoms with E-state index in [2.05, 4.69) is 87.7 Å². The van der Waals surface area contributed by atoms with Crippen LogP contribution in [-0.4, -0.2) is 112 Å². The minimum absolute atomic E-state index is 0.0125. The van der Waals surface area contributed by atoms with Gasteiger partial charge in [0.05, 0.1) is 40.0 Å². The number of imidazole rings is 2. The van der Waals surface area contributed by atoms with E-state index >= 15 is 0 Å². The number of hydrogen-bond acceptors (Lipinski definition) is 9. The fraction of sp³-hybridized carbons (Fsp3) is 0.443. The van der Waals surface area contributed by atoms with Crippen LogP contribution in [-0.2, 0) is 60.6 Å². The van der Waals surface area contributed by atoms with Gasteiger partial charge in [0.15, 0.2) is 0 Å². The third-order valence-electron chi connectivity index (χ3n) is 14.7. The zero-order chi connectivity index (χ0) is 53.8. The number of ether oxygens (including phenoxy) is 3. The highest BCUT2D eigenvalue weighted by molar-refractivity contribution is 5.89. The lowest BCUT2D eigenvalue weighted by atomic mass is 9.70. The molecule has 76 heavy (non-hydrogen) atoms. The summed E-state index contributed by atoms with van der Waals surface area (Å²) in [5, 5.41) is 6.04. The van der Waals surface area contributed by atoms with Crippen LogP contribution < -0.4 is 20.1 Å². The van der Waals surface area contributed by atoms with Crippen LogP contribution in [0.25, 0.3) is 0 Å². The summed E-state index contributed by atoms with van der Waals surface area (Å²) in [4.78, 5) is 71.1. The van der Waals surface area contributed by atoms with E-state index in [1.165, 1.54) is 18.4 Å². The van der Waals surface area contributed by atoms with Gasteiger partial charge in [-0.2, -0.15) is 0 Å². The summed E-state index contributed by atoms with van der Waals surface area (Å²) in [6.07, 6.45) is 16.9. The highest BCUT2D eigenvalue weighted by atomic mass is 16.5. The van der Waals surface area contributed by atoms with Gasteiger partial charge in [0.2, 0.25) is 23.6 Å². The summed E-state index contributed by atoms with van der Waals surface area (Å²) in [7, 11) is 3.25. The van der Waals surface area contributed by atoms with Crippen molar-refractivity contribution in [1.82, 2.24) is 40.4 Å². The van der Waals surface area contributed by atoms with Gasteiger partial charge in [-0.1, -0.05) is 125 Å². The molecule has 0 spiro atoms. The second-order valence-corrected chi connectivity index (χ2v) is 20.4. The molecule has 0 aliphatic carbocycles. The van der Waals surface area contributed by atoms with Gasteiger partial charge in [0.1, 0.15) is 29.2 Å². The predicted octanol–water partition coefficient (Wildman–Crippen LogP) is 8.77. The van der Waals surface area contributed by atoms with E-state index in [4.69, 9.17) is 14.2 Å². The molecule has 0 bridgehead atoms. The van der Waals surface area contributed by atoms with Crippen LogP contribution >= 0.6 is 0 Å². The molecule has 2 fully saturated rings. The molecule has 2 aliphatic heterocycles. The molecule has 2 aliphatic rings. The maximum atomic E-state index is 13.8. The van der Waals surface area contributed by atoms with E-state index in [1.54, 1.807) is 39.3 Å². The van der Waals surface area contributed by atoms with Crippen molar-refractivity contribution in [2.75, 3.05) is 47.0 Å². The number of benzene rings is 4. The fourth-order valence-electron chi connectivity index (χ4n) is 10.3. The van der Waals surface area contributed by atoms with E-state index in [0.29, 0.717) is 64.9 Å². The minimum Gasteiger partial charge on any atom is -0.497 e. The van der Waals surface area contributed by atoms with E-state index in [-0.39, 0.29) is 35.5 Å². The highest BCUT2D eigenvalue weighted by Crippen LogP contribution is 2.41. The lowest BCUT2D eigenvalue weighted by Gasteiger charge is -2.52. The van der Waals surface area contributed by atoms with Crippen LogP contribution in [0.5, 0.6) is 11.5 Å².